The molecule has 0 aliphatic heterocycles. The third-order valence-corrected chi connectivity index (χ3v) is 14.0. The third-order valence-electron chi connectivity index (χ3n) is 9.02. The van der Waals surface area contributed by atoms with Crippen molar-refractivity contribution in [2.45, 2.75) is 124 Å². The first-order chi connectivity index (χ1) is 22.0. The van der Waals surface area contributed by atoms with Gasteiger partial charge in [0.1, 0.15) is 23.2 Å². The largest absolute Gasteiger partial charge is 0.353 e. The molecule has 0 fully saturated rings. The number of ether oxygens (including phenoxy) is 2. The molecule has 0 saturated carbocycles. The van der Waals surface area contributed by atoms with Crippen molar-refractivity contribution in [1.82, 2.24) is 0 Å². The molecule has 0 aromatic heterocycles. The molecule has 3 aromatic carbocycles. The Bertz CT molecular complexity index is 1130. The van der Waals surface area contributed by atoms with Gasteiger partial charge in [-0.2, -0.15) is 0 Å². The zero-order valence-corrected chi connectivity index (χ0v) is 30.1. The van der Waals surface area contributed by atoms with E-state index in [-0.39, 0.29) is 6.29 Å². The number of aryl methyl sites for hydroxylation is 3. The Hall–Kier alpha value is -2.25. The molecule has 0 heterocycles. The highest BCUT2D eigenvalue weighted by Crippen LogP contribution is 2.58. The van der Waals surface area contributed by atoms with Crippen LogP contribution < -0.4 is 15.9 Å². The quantitative estimate of drug-likeness (QED) is 0.0450. The van der Waals surface area contributed by atoms with E-state index in [0.29, 0.717) is 0 Å². The standard InChI is InChI=1S/C42H62O2P/c1-6-8-23-33-43-42(44-34-24-9-7-2)32-16-14-12-10-11-13-15-25-35-45(39-29-20-17-26-36(39)3,40-30-21-18-27-37(40)4)41-31-22-19-28-38(41)5/h11,13,17-22,26-31,42H,6-10,12,14-16,23-25,32-35H2,1-5H3/q+1/b13-11-. The topological polar surface area (TPSA) is 18.5 Å². The molecule has 0 saturated heterocycles. The fraction of sp³-hybridized carbons (Fsp3) is 0.524. The third kappa shape index (κ3) is 11.8. The normalized spacial score (nSPS) is 12.0. The maximum atomic E-state index is 6.11. The summed E-state index contributed by atoms with van der Waals surface area (Å²) >= 11 is 0. The number of hydrogen-bond donors (Lipinski definition) is 0. The zero-order valence-electron chi connectivity index (χ0n) is 29.2. The Kier molecular flexibility index (Phi) is 17.8. The predicted octanol–water partition coefficient (Wildman–Crippen LogP) is 10.9. The summed E-state index contributed by atoms with van der Waals surface area (Å²) in [5.74, 6) is 0. The van der Waals surface area contributed by atoms with Crippen LogP contribution in [0.1, 0.15) is 114 Å². The van der Waals surface area contributed by atoms with Crippen molar-refractivity contribution in [3.63, 3.8) is 0 Å². The van der Waals surface area contributed by atoms with E-state index in [1.807, 2.05) is 0 Å². The first kappa shape index (κ1) is 37.2. The summed E-state index contributed by atoms with van der Waals surface area (Å²) < 4.78 is 12.2. The van der Waals surface area contributed by atoms with Crippen molar-refractivity contribution in [2.75, 3.05) is 19.4 Å². The van der Waals surface area contributed by atoms with Gasteiger partial charge in [-0.1, -0.05) is 113 Å². The summed E-state index contributed by atoms with van der Waals surface area (Å²) in [7, 11) is -1.83. The highest BCUT2D eigenvalue weighted by molar-refractivity contribution is 7.96. The smallest absolute Gasteiger partial charge is 0.157 e. The molecule has 246 valence electrons. The first-order valence-corrected chi connectivity index (χ1v) is 20.0. The molecule has 3 rings (SSSR count). The Labute approximate surface area is 277 Å². The van der Waals surface area contributed by atoms with Gasteiger partial charge in [0.25, 0.3) is 0 Å². The summed E-state index contributed by atoms with van der Waals surface area (Å²) in [6.07, 6.45) is 21.4. The molecule has 3 aromatic rings. The number of unbranched alkanes of at least 4 members (excludes halogenated alkanes) is 8. The summed E-state index contributed by atoms with van der Waals surface area (Å²) in [6.45, 7) is 13.1. The molecule has 3 heteroatoms. The predicted molar refractivity (Wildman–Crippen MR) is 200 cm³/mol. The van der Waals surface area contributed by atoms with Gasteiger partial charge in [-0.05, 0) is 107 Å². The minimum Gasteiger partial charge on any atom is -0.353 e. The van der Waals surface area contributed by atoms with Gasteiger partial charge < -0.3 is 9.47 Å². The van der Waals surface area contributed by atoms with E-state index in [4.69, 9.17) is 9.47 Å². The second kappa shape index (κ2) is 21.5. The van der Waals surface area contributed by atoms with Crippen molar-refractivity contribution in [2.24, 2.45) is 0 Å². The Morgan fingerprint density at radius 3 is 1.42 bits per heavy atom. The fourth-order valence-corrected chi connectivity index (χ4v) is 11.7. The van der Waals surface area contributed by atoms with E-state index in [1.54, 1.807) is 15.9 Å². The van der Waals surface area contributed by atoms with Crippen LogP contribution in [0.25, 0.3) is 0 Å². The molecule has 0 spiro atoms. The van der Waals surface area contributed by atoms with Crippen molar-refractivity contribution in [1.29, 1.82) is 0 Å². The summed E-state index contributed by atoms with van der Waals surface area (Å²) in [5, 5.41) is 4.62. The van der Waals surface area contributed by atoms with Gasteiger partial charge in [-0.3, -0.25) is 0 Å². The second-order valence-electron chi connectivity index (χ2n) is 12.7. The molecule has 0 aliphatic carbocycles. The molecule has 45 heavy (non-hydrogen) atoms. The van der Waals surface area contributed by atoms with Gasteiger partial charge in [0.15, 0.2) is 6.29 Å². The zero-order chi connectivity index (χ0) is 32.2. The van der Waals surface area contributed by atoms with Crippen LogP contribution in [0.2, 0.25) is 0 Å². The monoisotopic (exact) mass is 629 g/mol. The van der Waals surface area contributed by atoms with Gasteiger partial charge in [0.2, 0.25) is 0 Å². The fourth-order valence-electron chi connectivity index (χ4n) is 6.51. The van der Waals surface area contributed by atoms with E-state index < -0.39 is 7.26 Å². The molecule has 0 aliphatic rings. The van der Waals surface area contributed by atoms with Crippen LogP contribution in [0.5, 0.6) is 0 Å². The maximum Gasteiger partial charge on any atom is 0.157 e. The highest BCUT2D eigenvalue weighted by atomic mass is 31.2. The minimum absolute atomic E-state index is 0.0207. The molecule has 0 bridgehead atoms. The molecule has 0 N–H and O–H groups in total. The Balaban J connectivity index is 1.57. The van der Waals surface area contributed by atoms with E-state index in [0.717, 1.165) is 45.3 Å². The SMILES string of the molecule is CCCCCOC(CCCCC/C=C\CCC[P+](c1ccccc1C)(c1ccccc1C)c1ccccc1C)OCCCCC. The van der Waals surface area contributed by atoms with Crippen LogP contribution in [-0.2, 0) is 9.47 Å². The summed E-state index contributed by atoms with van der Waals surface area (Å²) in [6, 6.07) is 27.4. The number of rotatable bonds is 23. The van der Waals surface area contributed by atoms with Crippen molar-refractivity contribution >= 4 is 23.2 Å². The molecular formula is C42H62O2P+. The van der Waals surface area contributed by atoms with Crippen LogP contribution in [0.3, 0.4) is 0 Å². The summed E-state index contributed by atoms with van der Waals surface area (Å²) in [5.41, 5.74) is 4.23. The number of hydrogen-bond acceptors (Lipinski definition) is 2. The number of allylic oxidation sites excluding steroid dienone is 2. The lowest BCUT2D eigenvalue weighted by molar-refractivity contribution is -0.148. The number of benzene rings is 3. The minimum atomic E-state index is -1.83. The van der Waals surface area contributed by atoms with Gasteiger partial charge in [-0.15, -0.1) is 0 Å². The van der Waals surface area contributed by atoms with Crippen LogP contribution in [-0.4, -0.2) is 25.7 Å². The van der Waals surface area contributed by atoms with Gasteiger partial charge >= 0.3 is 0 Å². The Morgan fingerprint density at radius 2 is 0.978 bits per heavy atom. The van der Waals surface area contributed by atoms with Crippen molar-refractivity contribution in [3.05, 3.63) is 102 Å². The molecule has 0 amide bonds. The molecular weight excluding hydrogens is 567 g/mol. The van der Waals surface area contributed by atoms with E-state index in [9.17, 15) is 0 Å². The van der Waals surface area contributed by atoms with Crippen LogP contribution >= 0.6 is 7.26 Å². The van der Waals surface area contributed by atoms with Crippen LogP contribution in [0.4, 0.5) is 0 Å². The van der Waals surface area contributed by atoms with E-state index in [2.05, 4.69) is 120 Å². The average molecular weight is 630 g/mol. The second-order valence-corrected chi connectivity index (χ2v) is 16.2. The van der Waals surface area contributed by atoms with E-state index >= 15 is 0 Å². The molecule has 0 unspecified atom stereocenters. The lowest BCUT2D eigenvalue weighted by Gasteiger charge is -2.31. The van der Waals surface area contributed by atoms with Gasteiger partial charge in [-0.25, -0.2) is 0 Å². The molecule has 0 atom stereocenters. The van der Waals surface area contributed by atoms with Crippen molar-refractivity contribution < 1.29 is 9.47 Å². The van der Waals surface area contributed by atoms with Gasteiger partial charge in [0.05, 0.1) is 6.16 Å². The Morgan fingerprint density at radius 1 is 0.533 bits per heavy atom. The highest BCUT2D eigenvalue weighted by Gasteiger charge is 2.47. The van der Waals surface area contributed by atoms with E-state index in [1.165, 1.54) is 74.2 Å². The molecule has 2 nitrogen and oxygen atoms in total. The van der Waals surface area contributed by atoms with Crippen molar-refractivity contribution in [3.8, 4) is 0 Å². The van der Waals surface area contributed by atoms with Crippen LogP contribution in [0, 0.1) is 20.8 Å². The molecule has 0 radical (unpaired) electrons. The first-order valence-electron chi connectivity index (χ1n) is 18.0. The maximum absolute atomic E-state index is 6.11. The lowest BCUT2D eigenvalue weighted by Crippen LogP contribution is -2.37. The van der Waals surface area contributed by atoms with Gasteiger partial charge in [0, 0.05) is 13.2 Å². The summed E-state index contributed by atoms with van der Waals surface area (Å²) in [4.78, 5) is 0. The lowest BCUT2D eigenvalue weighted by atomic mass is 10.1. The average Bonchev–Trinajstić information content (AvgIpc) is 3.05. The van der Waals surface area contributed by atoms with Crippen LogP contribution in [0.15, 0.2) is 84.9 Å².